The lowest BCUT2D eigenvalue weighted by Crippen LogP contribution is -2.52. The number of piperidine rings is 1. The molecule has 0 bridgehead atoms. The second kappa shape index (κ2) is 7.89. The van der Waals surface area contributed by atoms with E-state index in [0.29, 0.717) is 32.5 Å². The van der Waals surface area contributed by atoms with Crippen LogP contribution < -0.4 is 0 Å². The molecule has 0 aliphatic carbocycles. The van der Waals surface area contributed by atoms with Gasteiger partial charge in [-0.1, -0.05) is 30.3 Å². The molecule has 0 N–H and O–H groups in total. The summed E-state index contributed by atoms with van der Waals surface area (Å²) in [6.07, 6.45) is 1.66. The van der Waals surface area contributed by atoms with Crippen molar-refractivity contribution < 1.29 is 19.1 Å². The van der Waals surface area contributed by atoms with Gasteiger partial charge in [-0.05, 0) is 52.5 Å². The molecular formula is C20H29NO4. The Morgan fingerprint density at radius 3 is 2.48 bits per heavy atom. The van der Waals surface area contributed by atoms with Crippen LogP contribution in [0.4, 0.5) is 4.79 Å². The zero-order chi connectivity index (χ0) is 18.5. The number of carbonyl (C=O) groups is 2. The summed E-state index contributed by atoms with van der Waals surface area (Å²) in [5.41, 5.74) is -0.200. The molecular weight excluding hydrogens is 318 g/mol. The van der Waals surface area contributed by atoms with Crippen molar-refractivity contribution in [1.82, 2.24) is 4.90 Å². The van der Waals surface area contributed by atoms with Crippen molar-refractivity contribution in [3.8, 4) is 0 Å². The molecule has 0 radical (unpaired) electrons. The Balaban J connectivity index is 2.22. The van der Waals surface area contributed by atoms with E-state index in [4.69, 9.17) is 9.47 Å². The van der Waals surface area contributed by atoms with Crippen LogP contribution in [-0.4, -0.2) is 42.3 Å². The number of likely N-dealkylation sites (tertiary alicyclic amines) is 1. The zero-order valence-electron chi connectivity index (χ0n) is 15.7. The smallest absolute Gasteiger partial charge is 0.410 e. The Morgan fingerprint density at radius 2 is 1.88 bits per heavy atom. The third kappa shape index (κ3) is 5.21. The molecule has 1 fully saturated rings. The SMILES string of the molecule is CCOC(=O)C1(Cc2ccccc2)CCCN(C(=O)OC(C)(C)C)C1. The highest BCUT2D eigenvalue weighted by Gasteiger charge is 2.45. The lowest BCUT2D eigenvalue weighted by atomic mass is 9.75. The number of benzene rings is 1. The minimum Gasteiger partial charge on any atom is -0.466 e. The molecule has 1 aliphatic rings. The van der Waals surface area contributed by atoms with E-state index in [1.54, 1.807) is 4.90 Å². The Hall–Kier alpha value is -2.04. The highest BCUT2D eigenvalue weighted by molar-refractivity contribution is 5.79. The van der Waals surface area contributed by atoms with Crippen molar-refractivity contribution in [2.45, 2.75) is 52.6 Å². The van der Waals surface area contributed by atoms with Gasteiger partial charge >= 0.3 is 12.1 Å². The third-order valence-electron chi connectivity index (χ3n) is 4.32. The molecule has 1 heterocycles. The molecule has 2 rings (SSSR count). The first kappa shape index (κ1) is 19.3. The van der Waals surface area contributed by atoms with E-state index in [0.717, 1.165) is 12.0 Å². The van der Waals surface area contributed by atoms with Crippen molar-refractivity contribution in [2.75, 3.05) is 19.7 Å². The lowest BCUT2D eigenvalue weighted by molar-refractivity contribution is -0.158. The maximum Gasteiger partial charge on any atom is 0.410 e. The standard InChI is InChI=1S/C20H29NO4/c1-5-24-17(22)20(14-16-10-7-6-8-11-16)12-9-13-21(15-20)18(23)25-19(2,3)4/h6-8,10-11H,5,9,12-15H2,1-4H3. The average Bonchev–Trinajstić information content (AvgIpc) is 2.54. The van der Waals surface area contributed by atoms with E-state index in [-0.39, 0.29) is 12.1 Å². The molecule has 0 saturated carbocycles. The molecule has 138 valence electrons. The van der Waals surface area contributed by atoms with Crippen molar-refractivity contribution in [3.05, 3.63) is 35.9 Å². The predicted octanol–water partition coefficient (Wildman–Crippen LogP) is 3.81. The molecule has 5 heteroatoms. The molecule has 0 spiro atoms. The highest BCUT2D eigenvalue weighted by Crippen LogP contribution is 2.36. The summed E-state index contributed by atoms with van der Waals surface area (Å²) in [4.78, 5) is 26.9. The van der Waals surface area contributed by atoms with E-state index in [1.807, 2.05) is 58.0 Å². The monoisotopic (exact) mass is 347 g/mol. The number of nitrogens with zero attached hydrogens (tertiary/aromatic N) is 1. The van der Waals surface area contributed by atoms with Crippen LogP contribution in [0, 0.1) is 5.41 Å². The number of carbonyl (C=O) groups excluding carboxylic acids is 2. The first-order valence-corrected chi connectivity index (χ1v) is 8.95. The van der Waals surface area contributed by atoms with Crippen LogP contribution in [0.2, 0.25) is 0 Å². The van der Waals surface area contributed by atoms with Crippen LogP contribution in [0.1, 0.15) is 46.1 Å². The summed E-state index contributed by atoms with van der Waals surface area (Å²) in [6, 6.07) is 9.89. The Labute approximate surface area is 150 Å². The maximum absolute atomic E-state index is 12.8. The maximum atomic E-state index is 12.8. The van der Waals surface area contributed by atoms with Gasteiger partial charge in [0.25, 0.3) is 0 Å². The van der Waals surface area contributed by atoms with Gasteiger partial charge in [-0.2, -0.15) is 0 Å². The van der Waals surface area contributed by atoms with Crippen molar-refractivity contribution in [3.63, 3.8) is 0 Å². The van der Waals surface area contributed by atoms with Crippen LogP contribution in [0.3, 0.4) is 0 Å². The largest absolute Gasteiger partial charge is 0.466 e. The number of amides is 1. The molecule has 1 unspecified atom stereocenters. The fourth-order valence-corrected chi connectivity index (χ4v) is 3.27. The first-order chi connectivity index (χ1) is 11.8. The second-order valence-electron chi connectivity index (χ2n) is 7.67. The number of ether oxygens (including phenoxy) is 2. The first-order valence-electron chi connectivity index (χ1n) is 8.95. The van der Waals surface area contributed by atoms with Gasteiger partial charge in [-0.25, -0.2) is 4.79 Å². The van der Waals surface area contributed by atoms with Crippen molar-refractivity contribution in [1.29, 1.82) is 0 Å². The van der Waals surface area contributed by atoms with Gasteiger partial charge in [0.1, 0.15) is 5.60 Å². The minimum atomic E-state index is -0.716. The quantitative estimate of drug-likeness (QED) is 0.777. The van der Waals surface area contributed by atoms with Crippen molar-refractivity contribution >= 4 is 12.1 Å². The summed E-state index contributed by atoms with van der Waals surface area (Å²) in [5, 5.41) is 0. The van der Waals surface area contributed by atoms with Crippen LogP contribution in [-0.2, 0) is 20.7 Å². The molecule has 1 amide bonds. The van der Waals surface area contributed by atoms with Gasteiger partial charge in [0, 0.05) is 13.1 Å². The number of esters is 1. The summed E-state index contributed by atoms with van der Waals surface area (Å²) in [7, 11) is 0. The Kier molecular flexibility index (Phi) is 6.09. The van der Waals surface area contributed by atoms with Gasteiger partial charge in [0.05, 0.1) is 12.0 Å². The number of hydrogen-bond acceptors (Lipinski definition) is 4. The third-order valence-corrected chi connectivity index (χ3v) is 4.32. The van der Waals surface area contributed by atoms with Gasteiger partial charge in [-0.3, -0.25) is 4.79 Å². The molecule has 1 atom stereocenters. The summed E-state index contributed by atoms with van der Waals surface area (Å²) in [5.74, 6) is -0.230. The van der Waals surface area contributed by atoms with E-state index < -0.39 is 11.0 Å². The average molecular weight is 347 g/mol. The molecule has 25 heavy (non-hydrogen) atoms. The van der Waals surface area contributed by atoms with E-state index in [9.17, 15) is 9.59 Å². The fraction of sp³-hybridized carbons (Fsp3) is 0.600. The fourth-order valence-electron chi connectivity index (χ4n) is 3.27. The van der Waals surface area contributed by atoms with Gasteiger partial charge in [-0.15, -0.1) is 0 Å². The van der Waals surface area contributed by atoms with Crippen LogP contribution >= 0.6 is 0 Å². The predicted molar refractivity (Wildman–Crippen MR) is 96.3 cm³/mol. The van der Waals surface area contributed by atoms with Gasteiger partial charge < -0.3 is 14.4 Å². The lowest BCUT2D eigenvalue weighted by Gasteiger charge is -2.41. The van der Waals surface area contributed by atoms with E-state index >= 15 is 0 Å². The summed E-state index contributed by atoms with van der Waals surface area (Å²) >= 11 is 0. The zero-order valence-corrected chi connectivity index (χ0v) is 15.7. The van der Waals surface area contributed by atoms with E-state index in [1.165, 1.54) is 0 Å². The molecule has 5 nitrogen and oxygen atoms in total. The van der Waals surface area contributed by atoms with Crippen molar-refractivity contribution in [2.24, 2.45) is 5.41 Å². The second-order valence-corrected chi connectivity index (χ2v) is 7.67. The summed E-state index contributed by atoms with van der Waals surface area (Å²) in [6.45, 7) is 8.61. The Bertz CT molecular complexity index is 593. The van der Waals surface area contributed by atoms with E-state index in [2.05, 4.69) is 0 Å². The molecule has 0 aromatic heterocycles. The number of hydrogen-bond donors (Lipinski definition) is 0. The normalized spacial score (nSPS) is 20.9. The number of rotatable bonds is 4. The van der Waals surface area contributed by atoms with Crippen LogP contribution in [0.15, 0.2) is 30.3 Å². The van der Waals surface area contributed by atoms with Gasteiger partial charge in [0.2, 0.25) is 0 Å². The topological polar surface area (TPSA) is 55.8 Å². The minimum absolute atomic E-state index is 0.230. The van der Waals surface area contributed by atoms with Crippen LogP contribution in [0.5, 0.6) is 0 Å². The molecule has 1 aliphatic heterocycles. The summed E-state index contributed by atoms with van der Waals surface area (Å²) < 4.78 is 10.9. The molecule has 1 aromatic rings. The Morgan fingerprint density at radius 1 is 1.20 bits per heavy atom. The highest BCUT2D eigenvalue weighted by atomic mass is 16.6. The molecule has 1 aromatic carbocycles. The van der Waals surface area contributed by atoms with Crippen LogP contribution in [0.25, 0.3) is 0 Å². The molecule has 1 saturated heterocycles. The van der Waals surface area contributed by atoms with Gasteiger partial charge in [0.15, 0.2) is 0 Å².